The van der Waals surface area contributed by atoms with Crippen LogP contribution in [0.4, 0.5) is 0 Å². The van der Waals surface area contributed by atoms with Crippen LogP contribution in [0.3, 0.4) is 0 Å². The summed E-state index contributed by atoms with van der Waals surface area (Å²) in [5.41, 5.74) is 1.83. The first-order valence-electron chi connectivity index (χ1n) is 52.4. The van der Waals surface area contributed by atoms with Crippen LogP contribution in [0.15, 0.2) is 54.6 Å². The van der Waals surface area contributed by atoms with Crippen LogP contribution in [-0.2, 0) is 145 Å². The van der Waals surface area contributed by atoms with Crippen LogP contribution in [0.5, 0.6) is 0 Å². The molecule has 14 bridgehead atoms. The van der Waals surface area contributed by atoms with Gasteiger partial charge in [-0.15, -0.1) is 0 Å². The number of hydrogen-bond acceptors (Lipinski definition) is 16. The SMILES string of the molecule is CC(C)(C)OC(=O)C[S+]1CCCCC1.CC1(OC(=O)C2([S+]3CCCCC3)CCCC2)C2CC3CC(C2)CC1C3.CC1(OC(=O)C[S+]2CCCC2)C2CC3CC(C2)CC1C3.CC1(OC(=O)C[S+]2CCCCC2)C2CC3CC(C2)CC1C3.O=C(C[S+]1CCCC1)c1ccc(CO)cc1.O=C(C[S+]1CCCC1)c1ccccc1.O=C(C[S+]1CCCCC1)OC1C2CC3C1OS(=O)(=O)C3C2. The lowest BCUT2D eigenvalue weighted by atomic mass is 9.50. The van der Waals surface area contributed by atoms with E-state index in [1.807, 2.05) is 75.4 Å². The molecule has 24 heteroatoms. The van der Waals surface area contributed by atoms with Crippen LogP contribution in [0.2, 0.25) is 0 Å². The minimum absolute atomic E-state index is 0.0114. The Hall–Kier alpha value is -2.55. The average molecular weight is 1960 g/mol. The van der Waals surface area contributed by atoms with Crippen molar-refractivity contribution in [3.63, 3.8) is 0 Å². The third-order valence-electron chi connectivity index (χ3n) is 34.9. The summed E-state index contributed by atoms with van der Waals surface area (Å²) in [5, 5.41) is 8.57. The zero-order valence-corrected chi connectivity index (χ0v) is 87.3. The Labute approximate surface area is 808 Å². The lowest BCUT2D eigenvalue weighted by Gasteiger charge is -2.59. The van der Waals surface area contributed by atoms with Crippen molar-refractivity contribution in [3.8, 4) is 0 Å². The third kappa shape index (κ3) is 25.9. The number of esters is 5. The van der Waals surface area contributed by atoms with Crippen molar-refractivity contribution in [2.45, 2.75) is 343 Å². The quantitative estimate of drug-likeness (QED) is 0.0403. The minimum atomic E-state index is -3.42. The fourth-order valence-corrected chi connectivity index (χ4v) is 46.5. The molecule has 8 aliphatic heterocycles. The Balaban J connectivity index is 0.000000113. The zero-order valence-electron chi connectivity index (χ0n) is 80.8. The number of Topliss-reactive ketones (excluding diaryl/α,β-unsaturated/α-hetero) is 2. The summed E-state index contributed by atoms with van der Waals surface area (Å²) in [6, 6.07) is 17.0. The molecule has 2 aromatic rings. The number of carbonyl (C=O) groups is 7. The molecule has 8 saturated heterocycles. The van der Waals surface area contributed by atoms with Crippen LogP contribution < -0.4 is 0 Å². The highest BCUT2D eigenvalue weighted by Gasteiger charge is 2.67. The molecule has 16 nitrogen and oxygen atoms in total. The summed E-state index contributed by atoms with van der Waals surface area (Å²) in [5.74, 6) is 32.3. The molecule has 1 N–H and O–H groups in total. The van der Waals surface area contributed by atoms with E-state index < -0.39 is 16.2 Å². The molecule has 5 atom stereocenters. The van der Waals surface area contributed by atoms with Crippen LogP contribution in [0, 0.1) is 82.9 Å². The van der Waals surface area contributed by atoms with E-state index >= 15 is 0 Å². The monoisotopic (exact) mass is 1960 g/mol. The Morgan fingerprint density at radius 2 is 0.710 bits per heavy atom. The van der Waals surface area contributed by atoms with Crippen molar-refractivity contribution in [3.05, 3.63) is 71.3 Å². The van der Waals surface area contributed by atoms with Gasteiger partial charge in [0.15, 0.2) is 11.5 Å². The summed E-state index contributed by atoms with van der Waals surface area (Å²) in [6.07, 6.45) is 49.3. The standard InChI is InChI=1S/C22H35O2S.C18H29O2S.C17H27O2S.C14H21O5S2.C13H17O2S.C12H15OS.C11H21O2S/c1-21(18-12-16-11-17(14-18)15-19(21)13-16)24-20(23)22(7-3-4-8-22)25-9-5-2-6-10-25;1-18(20-17(19)12-21-5-3-2-4-6-21)15-8-13-7-14(10-15)11-16(18)9-13;1-17(19-16(18)11-20-4-2-3-5-20)14-7-12-6-13(9-14)10-15(17)8-12;15-12(8-20-4-2-1-3-5-20)18-13-9-6-10-11(7-9)21(16,17)19-14(10)13;14-9-11-3-5-12(6-4-11)13(15)10-16-7-1-2-8-16;13-12(10-14-8-4-5-9-14)11-6-2-1-3-7-11;1-11(2,3)13-10(12)9-14-7-5-4-6-8-14/h16-19H,2-15H2,1H3;13-16H,2-12H2,1H3;12-15H,2-11H2,1H3;9-11,13-14H,1-8H2;3-6,14H,1-2,7-10H2;1-3,6-7H,4-5,8-10H2;4-9H2,1-3H3/q7*+1. The van der Waals surface area contributed by atoms with Crippen molar-refractivity contribution in [1.82, 2.24) is 0 Å². The van der Waals surface area contributed by atoms with Gasteiger partial charge in [0, 0.05) is 46.7 Å². The summed E-state index contributed by atoms with van der Waals surface area (Å²) in [4.78, 5) is 85.9. The Kier molecular flexibility index (Phi) is 35.6. The number of rotatable bonds is 21. The molecule has 15 saturated carbocycles. The fraction of sp³-hybridized carbons (Fsp3) is 0.822. The van der Waals surface area contributed by atoms with Crippen LogP contribution >= 0.6 is 0 Å². The summed E-state index contributed by atoms with van der Waals surface area (Å²) in [7, 11) is -1.25. The van der Waals surface area contributed by atoms with Gasteiger partial charge in [-0.2, -0.15) is 8.42 Å². The van der Waals surface area contributed by atoms with Crippen molar-refractivity contribution < 1.29 is 75.0 Å². The van der Waals surface area contributed by atoms with Crippen molar-refractivity contribution in [1.29, 1.82) is 0 Å². The number of fused-ring (bicyclic) bond motifs is 1. The number of aliphatic hydroxyl groups is 1. The largest absolute Gasteiger partial charge is 0.456 e. The van der Waals surface area contributed by atoms with Gasteiger partial charge >= 0.3 is 29.8 Å². The molecule has 0 aromatic heterocycles. The number of hydrogen-bond donors (Lipinski definition) is 1. The smallest absolute Gasteiger partial charge is 0.363 e. The van der Waals surface area contributed by atoms with Gasteiger partial charge in [0.2, 0.25) is 39.3 Å². The van der Waals surface area contributed by atoms with E-state index in [9.17, 15) is 42.0 Å². The van der Waals surface area contributed by atoms with Gasteiger partial charge in [0.25, 0.3) is 10.1 Å². The summed E-state index contributed by atoms with van der Waals surface area (Å²) in [6.45, 7) is 12.7. The lowest BCUT2D eigenvalue weighted by Crippen LogP contribution is -2.60. The lowest BCUT2D eigenvalue weighted by molar-refractivity contribution is -0.205. The number of ether oxygens (including phenoxy) is 5. The normalized spacial score (nSPS) is 36.2. The number of carbonyl (C=O) groups excluding carboxylic acids is 7. The third-order valence-corrected chi connectivity index (χ3v) is 54.3. The van der Waals surface area contributed by atoms with E-state index in [0.717, 1.165) is 94.5 Å². The summed E-state index contributed by atoms with van der Waals surface area (Å²) < 4.78 is 58.8. The topological polar surface area (TPSA) is 229 Å². The molecule has 2 aromatic carbocycles. The Bertz CT molecular complexity index is 4120. The molecule has 0 spiro atoms. The van der Waals surface area contributed by atoms with E-state index in [0.29, 0.717) is 125 Å². The number of benzene rings is 2. The zero-order chi connectivity index (χ0) is 91.7. The molecule has 15 aliphatic carbocycles. The molecule has 5 unspecified atom stereocenters. The minimum Gasteiger partial charge on any atom is -0.456 e. The molecule has 131 heavy (non-hydrogen) atoms. The maximum atomic E-state index is 13.6. The van der Waals surface area contributed by atoms with Gasteiger partial charge in [0.1, 0.15) is 115 Å². The molecular formula is C107H165O16S8+7. The summed E-state index contributed by atoms with van der Waals surface area (Å²) >= 11 is 0. The maximum Gasteiger partial charge on any atom is 0.363 e. The molecule has 730 valence electrons. The average Bonchev–Trinajstić information content (AvgIpc) is 1.65. The predicted molar refractivity (Wildman–Crippen MR) is 545 cm³/mol. The molecule has 25 rings (SSSR count). The Morgan fingerprint density at radius 1 is 0.382 bits per heavy atom. The molecule has 0 radical (unpaired) electrons. The highest BCUT2D eigenvalue weighted by molar-refractivity contribution is 7.99. The highest BCUT2D eigenvalue weighted by Crippen LogP contribution is 2.63. The van der Waals surface area contributed by atoms with Gasteiger partial charge in [-0.3, -0.25) is 13.8 Å². The second-order valence-electron chi connectivity index (χ2n) is 45.4. The molecule has 23 aliphatic rings. The second kappa shape index (κ2) is 46.0. The van der Waals surface area contributed by atoms with Crippen molar-refractivity contribution in [2.75, 3.05) is 115 Å². The van der Waals surface area contributed by atoms with Crippen LogP contribution in [0.25, 0.3) is 0 Å². The number of aliphatic hydroxyl groups excluding tert-OH is 1. The van der Waals surface area contributed by atoms with Crippen molar-refractivity contribution >= 4 is 128 Å². The van der Waals surface area contributed by atoms with E-state index in [1.165, 1.54) is 294 Å². The van der Waals surface area contributed by atoms with E-state index in [1.54, 1.807) is 0 Å². The van der Waals surface area contributed by atoms with Crippen molar-refractivity contribution in [2.24, 2.45) is 82.9 Å². The van der Waals surface area contributed by atoms with Gasteiger partial charge in [0.05, 0.1) is 11.9 Å². The highest BCUT2D eigenvalue weighted by atomic mass is 32.2. The fourth-order valence-electron chi connectivity index (χ4n) is 28.4. The first-order chi connectivity index (χ1) is 63.0. The first-order valence-corrected chi connectivity index (χ1v) is 65.8. The van der Waals surface area contributed by atoms with Crippen LogP contribution in [-0.4, -0.2) is 215 Å². The maximum absolute atomic E-state index is 13.6. The van der Waals surface area contributed by atoms with E-state index in [4.69, 9.17) is 33.0 Å². The molecule has 23 fully saturated rings. The Morgan fingerprint density at radius 3 is 1.08 bits per heavy atom. The predicted octanol–water partition coefficient (Wildman–Crippen LogP) is 18.6. The molecular weight excluding hydrogens is 1800 g/mol. The van der Waals surface area contributed by atoms with Crippen LogP contribution in [0.1, 0.15) is 318 Å². The van der Waals surface area contributed by atoms with Gasteiger partial charge in [-0.1, -0.05) is 54.6 Å². The molecule has 0 amide bonds. The second-order valence-corrected chi connectivity index (χ2v) is 63.7. The van der Waals surface area contributed by atoms with E-state index in [-0.39, 0.29) is 114 Å². The van der Waals surface area contributed by atoms with Gasteiger partial charge in [-0.05, 0) is 421 Å². The molecule has 8 heterocycles. The number of ketones is 2. The van der Waals surface area contributed by atoms with E-state index in [2.05, 4.69) is 20.8 Å². The van der Waals surface area contributed by atoms with Gasteiger partial charge in [-0.25, -0.2) is 24.0 Å². The first kappa shape index (κ1) is 101. The van der Waals surface area contributed by atoms with Gasteiger partial charge < -0.3 is 28.8 Å².